The molecule has 0 fully saturated rings. The van der Waals surface area contributed by atoms with Crippen molar-refractivity contribution in [3.8, 4) is 0 Å². The third-order valence-corrected chi connectivity index (χ3v) is 2.68. The highest BCUT2D eigenvalue weighted by Crippen LogP contribution is 2.16. The molecule has 0 atom stereocenters. The Labute approximate surface area is 101 Å². The summed E-state index contributed by atoms with van der Waals surface area (Å²) < 4.78 is 0. The summed E-state index contributed by atoms with van der Waals surface area (Å²) in [4.78, 5) is 11.7. The highest BCUT2D eigenvalue weighted by Gasteiger charge is 2.05. The van der Waals surface area contributed by atoms with E-state index in [1.807, 2.05) is 19.9 Å². The molecule has 4 heteroatoms. The van der Waals surface area contributed by atoms with Gasteiger partial charge in [0.2, 0.25) is 0 Å². The Kier molecular flexibility index (Phi) is 5.29. The van der Waals surface area contributed by atoms with Crippen LogP contribution in [-0.2, 0) is 0 Å². The van der Waals surface area contributed by atoms with Crippen molar-refractivity contribution in [3.63, 3.8) is 0 Å². The standard InChI is InChI=1S/C12H17ClN2O/c1-3-14-6-7-15-12(16)10-5-4-9(2)11(13)8-10/h4-5,8,14H,3,6-7H2,1-2H3,(H,15,16). The molecule has 0 radical (unpaired) electrons. The molecule has 0 aromatic heterocycles. The Morgan fingerprint density at radius 1 is 1.38 bits per heavy atom. The van der Waals surface area contributed by atoms with Gasteiger partial charge in [-0.05, 0) is 31.2 Å². The molecule has 1 aromatic rings. The minimum Gasteiger partial charge on any atom is -0.351 e. The van der Waals surface area contributed by atoms with E-state index in [0.29, 0.717) is 17.1 Å². The van der Waals surface area contributed by atoms with Gasteiger partial charge in [0.05, 0.1) is 0 Å². The van der Waals surface area contributed by atoms with Crippen LogP contribution in [0.1, 0.15) is 22.8 Å². The first-order chi connectivity index (χ1) is 7.65. The van der Waals surface area contributed by atoms with Crippen LogP contribution in [0.2, 0.25) is 5.02 Å². The summed E-state index contributed by atoms with van der Waals surface area (Å²) in [5.41, 5.74) is 1.58. The minimum absolute atomic E-state index is 0.0835. The zero-order valence-corrected chi connectivity index (χ0v) is 10.4. The van der Waals surface area contributed by atoms with Crippen LogP contribution in [-0.4, -0.2) is 25.5 Å². The van der Waals surface area contributed by atoms with Crippen LogP contribution in [0.5, 0.6) is 0 Å². The van der Waals surface area contributed by atoms with E-state index in [1.54, 1.807) is 12.1 Å². The van der Waals surface area contributed by atoms with Crippen LogP contribution in [0, 0.1) is 6.92 Å². The lowest BCUT2D eigenvalue weighted by atomic mass is 10.1. The van der Waals surface area contributed by atoms with Crippen molar-refractivity contribution in [1.82, 2.24) is 10.6 Å². The maximum Gasteiger partial charge on any atom is 0.251 e. The molecule has 0 saturated carbocycles. The third-order valence-electron chi connectivity index (χ3n) is 2.27. The average molecular weight is 241 g/mol. The maximum absolute atomic E-state index is 11.7. The van der Waals surface area contributed by atoms with E-state index in [9.17, 15) is 4.79 Å². The molecule has 1 amide bonds. The number of likely N-dealkylation sites (N-methyl/N-ethyl adjacent to an activating group) is 1. The molecule has 0 saturated heterocycles. The number of hydrogen-bond donors (Lipinski definition) is 2. The number of amides is 1. The van der Waals surface area contributed by atoms with Gasteiger partial charge in [-0.1, -0.05) is 24.6 Å². The summed E-state index contributed by atoms with van der Waals surface area (Å²) in [6, 6.07) is 5.32. The van der Waals surface area contributed by atoms with Crippen LogP contribution in [0.25, 0.3) is 0 Å². The van der Waals surface area contributed by atoms with Crippen molar-refractivity contribution in [1.29, 1.82) is 0 Å². The molecule has 0 bridgehead atoms. The Morgan fingerprint density at radius 3 is 2.75 bits per heavy atom. The monoisotopic (exact) mass is 240 g/mol. The van der Waals surface area contributed by atoms with E-state index in [2.05, 4.69) is 10.6 Å². The van der Waals surface area contributed by atoms with Gasteiger partial charge in [-0.3, -0.25) is 4.79 Å². The number of rotatable bonds is 5. The maximum atomic E-state index is 11.7. The third kappa shape index (κ3) is 3.83. The van der Waals surface area contributed by atoms with E-state index in [1.165, 1.54) is 0 Å². The summed E-state index contributed by atoms with van der Waals surface area (Å²) >= 11 is 5.95. The molecule has 0 aliphatic rings. The molecule has 2 N–H and O–H groups in total. The van der Waals surface area contributed by atoms with Gasteiger partial charge in [0.1, 0.15) is 0 Å². The van der Waals surface area contributed by atoms with Crippen molar-refractivity contribution < 1.29 is 4.79 Å². The summed E-state index contributed by atoms with van der Waals surface area (Å²) in [6.45, 7) is 6.25. The molecule has 0 spiro atoms. The molecule has 0 aliphatic carbocycles. The van der Waals surface area contributed by atoms with Gasteiger partial charge in [0.15, 0.2) is 0 Å². The fraction of sp³-hybridized carbons (Fsp3) is 0.417. The summed E-state index contributed by atoms with van der Waals surface area (Å²) in [5.74, 6) is -0.0835. The molecule has 0 aliphatic heterocycles. The van der Waals surface area contributed by atoms with Gasteiger partial charge in [0, 0.05) is 23.7 Å². The number of carbonyl (C=O) groups excluding carboxylic acids is 1. The van der Waals surface area contributed by atoms with Gasteiger partial charge >= 0.3 is 0 Å². The molecule has 1 rings (SSSR count). The van der Waals surface area contributed by atoms with E-state index in [4.69, 9.17) is 11.6 Å². The quantitative estimate of drug-likeness (QED) is 0.773. The van der Waals surface area contributed by atoms with Gasteiger partial charge in [0.25, 0.3) is 5.91 Å². The van der Waals surface area contributed by atoms with Crippen LogP contribution < -0.4 is 10.6 Å². The lowest BCUT2D eigenvalue weighted by molar-refractivity contribution is 0.0954. The molecular formula is C12H17ClN2O. The van der Waals surface area contributed by atoms with E-state index >= 15 is 0 Å². The molecular weight excluding hydrogens is 224 g/mol. The Hall–Kier alpha value is -1.06. The molecule has 3 nitrogen and oxygen atoms in total. The molecule has 88 valence electrons. The Morgan fingerprint density at radius 2 is 2.12 bits per heavy atom. The van der Waals surface area contributed by atoms with Crippen molar-refractivity contribution in [3.05, 3.63) is 34.3 Å². The number of carbonyl (C=O) groups is 1. The van der Waals surface area contributed by atoms with E-state index in [0.717, 1.165) is 18.7 Å². The van der Waals surface area contributed by atoms with Gasteiger partial charge in [-0.2, -0.15) is 0 Å². The van der Waals surface area contributed by atoms with Crippen LogP contribution in [0.4, 0.5) is 0 Å². The van der Waals surface area contributed by atoms with Gasteiger partial charge in [-0.15, -0.1) is 0 Å². The molecule has 0 unspecified atom stereocenters. The minimum atomic E-state index is -0.0835. The fourth-order valence-electron chi connectivity index (χ4n) is 1.28. The van der Waals surface area contributed by atoms with Gasteiger partial charge < -0.3 is 10.6 Å². The first kappa shape index (κ1) is 13.0. The molecule has 0 heterocycles. The topological polar surface area (TPSA) is 41.1 Å². The van der Waals surface area contributed by atoms with Crippen molar-refractivity contribution in [2.24, 2.45) is 0 Å². The van der Waals surface area contributed by atoms with Crippen LogP contribution in [0.15, 0.2) is 18.2 Å². The predicted molar refractivity (Wildman–Crippen MR) is 67.1 cm³/mol. The van der Waals surface area contributed by atoms with E-state index in [-0.39, 0.29) is 5.91 Å². The first-order valence-corrected chi connectivity index (χ1v) is 5.78. The molecule has 16 heavy (non-hydrogen) atoms. The predicted octanol–water partition coefficient (Wildman–Crippen LogP) is 1.99. The zero-order valence-electron chi connectivity index (χ0n) is 9.64. The normalized spacial score (nSPS) is 10.2. The lowest BCUT2D eigenvalue weighted by Gasteiger charge is -2.06. The zero-order chi connectivity index (χ0) is 12.0. The van der Waals surface area contributed by atoms with Crippen LogP contribution >= 0.6 is 11.6 Å². The van der Waals surface area contributed by atoms with Crippen molar-refractivity contribution >= 4 is 17.5 Å². The summed E-state index contributed by atoms with van der Waals surface area (Å²) in [7, 11) is 0. The second kappa shape index (κ2) is 6.51. The second-order valence-corrected chi connectivity index (χ2v) is 3.98. The average Bonchev–Trinajstić information content (AvgIpc) is 2.28. The summed E-state index contributed by atoms with van der Waals surface area (Å²) in [5, 5.41) is 6.58. The van der Waals surface area contributed by atoms with Crippen molar-refractivity contribution in [2.75, 3.05) is 19.6 Å². The number of hydrogen-bond acceptors (Lipinski definition) is 2. The van der Waals surface area contributed by atoms with Gasteiger partial charge in [-0.25, -0.2) is 0 Å². The fourth-order valence-corrected chi connectivity index (χ4v) is 1.46. The molecule has 1 aromatic carbocycles. The largest absolute Gasteiger partial charge is 0.351 e. The number of halogens is 1. The number of nitrogens with one attached hydrogen (secondary N) is 2. The summed E-state index contributed by atoms with van der Waals surface area (Å²) in [6.07, 6.45) is 0. The first-order valence-electron chi connectivity index (χ1n) is 5.40. The smallest absolute Gasteiger partial charge is 0.251 e. The number of aryl methyl sites for hydroxylation is 1. The van der Waals surface area contributed by atoms with Crippen molar-refractivity contribution in [2.45, 2.75) is 13.8 Å². The van der Waals surface area contributed by atoms with Crippen LogP contribution in [0.3, 0.4) is 0 Å². The second-order valence-electron chi connectivity index (χ2n) is 3.57. The Bertz CT molecular complexity index is 366. The van der Waals surface area contributed by atoms with E-state index < -0.39 is 0 Å². The Balaban J connectivity index is 2.50. The lowest BCUT2D eigenvalue weighted by Crippen LogP contribution is -2.31. The SMILES string of the molecule is CCNCCNC(=O)c1ccc(C)c(Cl)c1. The highest BCUT2D eigenvalue weighted by molar-refractivity contribution is 6.31. The number of benzene rings is 1. The highest BCUT2D eigenvalue weighted by atomic mass is 35.5.